The Morgan fingerprint density at radius 1 is 1.30 bits per heavy atom. The summed E-state index contributed by atoms with van der Waals surface area (Å²) < 4.78 is 40.9. The molecule has 0 spiro atoms. The highest BCUT2D eigenvalue weighted by molar-refractivity contribution is 7.89. The van der Waals surface area contributed by atoms with Crippen molar-refractivity contribution in [1.29, 1.82) is 0 Å². The third-order valence-electron chi connectivity index (χ3n) is 3.71. The summed E-state index contributed by atoms with van der Waals surface area (Å²) in [5, 5.41) is 0. The topological polar surface area (TPSA) is 72.2 Å². The maximum Gasteiger partial charge on any atom is 0.243 e. The standard InChI is InChI=1S/C14H23FN2O2S/c1-5-11(6-2)10(4)17-20(18,19)14-8-13(16)9(3)7-12(14)15/h7-8,10-11,17H,5-6,16H2,1-4H3. The molecule has 0 saturated carbocycles. The maximum absolute atomic E-state index is 13.9. The molecule has 0 radical (unpaired) electrons. The zero-order chi connectivity index (χ0) is 15.5. The molecule has 0 heterocycles. The number of nitrogen functional groups attached to an aromatic ring is 1. The summed E-state index contributed by atoms with van der Waals surface area (Å²) in [6.45, 7) is 7.44. The second kappa shape index (κ2) is 6.54. The lowest BCUT2D eigenvalue weighted by atomic mass is 9.96. The van der Waals surface area contributed by atoms with E-state index in [4.69, 9.17) is 5.73 Å². The smallest absolute Gasteiger partial charge is 0.243 e. The quantitative estimate of drug-likeness (QED) is 0.794. The molecule has 1 unspecified atom stereocenters. The molecule has 1 rings (SSSR count). The Labute approximate surface area is 120 Å². The fourth-order valence-corrected chi connectivity index (χ4v) is 3.68. The second-order valence-corrected chi connectivity index (χ2v) is 6.81. The van der Waals surface area contributed by atoms with Crippen molar-refractivity contribution in [2.24, 2.45) is 5.92 Å². The Morgan fingerprint density at radius 2 is 1.85 bits per heavy atom. The van der Waals surface area contributed by atoms with Gasteiger partial charge in [0.25, 0.3) is 0 Å². The predicted octanol–water partition coefficient (Wildman–Crippen LogP) is 2.82. The van der Waals surface area contributed by atoms with Gasteiger partial charge >= 0.3 is 0 Å². The minimum Gasteiger partial charge on any atom is -0.398 e. The summed E-state index contributed by atoms with van der Waals surface area (Å²) in [6.07, 6.45) is 1.72. The minimum atomic E-state index is -3.90. The van der Waals surface area contributed by atoms with Gasteiger partial charge in [0.05, 0.1) is 0 Å². The average molecular weight is 302 g/mol. The largest absolute Gasteiger partial charge is 0.398 e. The number of anilines is 1. The van der Waals surface area contributed by atoms with E-state index in [2.05, 4.69) is 4.72 Å². The van der Waals surface area contributed by atoms with Gasteiger partial charge in [-0.3, -0.25) is 0 Å². The van der Waals surface area contributed by atoms with E-state index in [-0.39, 0.29) is 17.6 Å². The Kier molecular flexibility index (Phi) is 5.53. The van der Waals surface area contributed by atoms with Gasteiger partial charge in [-0.2, -0.15) is 0 Å². The van der Waals surface area contributed by atoms with Gasteiger partial charge in [-0.15, -0.1) is 0 Å². The van der Waals surface area contributed by atoms with Gasteiger partial charge in [0.1, 0.15) is 10.7 Å². The van der Waals surface area contributed by atoms with Crippen LogP contribution in [0.3, 0.4) is 0 Å². The van der Waals surface area contributed by atoms with Crippen LogP contribution < -0.4 is 10.5 Å². The second-order valence-electron chi connectivity index (χ2n) is 5.13. The van der Waals surface area contributed by atoms with Crippen LogP contribution in [0.2, 0.25) is 0 Å². The monoisotopic (exact) mass is 302 g/mol. The van der Waals surface area contributed by atoms with Crippen molar-refractivity contribution in [2.45, 2.75) is 51.5 Å². The number of benzene rings is 1. The van der Waals surface area contributed by atoms with Crippen molar-refractivity contribution in [3.8, 4) is 0 Å². The van der Waals surface area contributed by atoms with Crippen molar-refractivity contribution >= 4 is 15.7 Å². The first kappa shape index (κ1) is 16.9. The fourth-order valence-electron chi connectivity index (χ4n) is 2.27. The van der Waals surface area contributed by atoms with E-state index in [1.165, 1.54) is 6.07 Å². The van der Waals surface area contributed by atoms with E-state index < -0.39 is 20.7 Å². The van der Waals surface area contributed by atoms with E-state index in [0.717, 1.165) is 18.9 Å². The molecule has 3 N–H and O–H groups in total. The molecule has 0 aliphatic heterocycles. The highest BCUT2D eigenvalue weighted by Crippen LogP contribution is 2.23. The van der Waals surface area contributed by atoms with Crippen molar-refractivity contribution in [1.82, 2.24) is 4.72 Å². The van der Waals surface area contributed by atoms with Crippen LogP contribution in [0.1, 0.15) is 39.2 Å². The lowest BCUT2D eigenvalue weighted by Gasteiger charge is -2.22. The molecule has 0 aromatic heterocycles. The highest BCUT2D eigenvalue weighted by Gasteiger charge is 2.25. The Balaban J connectivity index is 3.09. The number of aryl methyl sites for hydroxylation is 1. The molecule has 0 fully saturated rings. The molecule has 0 bridgehead atoms. The van der Waals surface area contributed by atoms with Gasteiger partial charge in [-0.25, -0.2) is 17.5 Å². The molecule has 1 aromatic rings. The summed E-state index contributed by atoms with van der Waals surface area (Å²) in [5.74, 6) is -0.559. The number of halogens is 1. The molecule has 0 saturated heterocycles. The van der Waals surface area contributed by atoms with E-state index in [1.54, 1.807) is 13.8 Å². The van der Waals surface area contributed by atoms with Crippen molar-refractivity contribution in [3.05, 3.63) is 23.5 Å². The fraction of sp³-hybridized carbons (Fsp3) is 0.571. The van der Waals surface area contributed by atoms with Crippen LogP contribution in [-0.2, 0) is 10.0 Å². The summed E-state index contributed by atoms with van der Waals surface area (Å²) >= 11 is 0. The third kappa shape index (κ3) is 3.70. The minimum absolute atomic E-state index is 0.218. The normalized spacial score (nSPS) is 13.7. The van der Waals surface area contributed by atoms with Crippen molar-refractivity contribution < 1.29 is 12.8 Å². The zero-order valence-corrected chi connectivity index (χ0v) is 13.2. The van der Waals surface area contributed by atoms with Crippen LogP contribution in [0.5, 0.6) is 0 Å². The molecule has 114 valence electrons. The summed E-state index contributed by atoms with van der Waals surface area (Å²) in [4.78, 5) is -0.390. The first-order valence-electron chi connectivity index (χ1n) is 6.80. The Bertz CT molecular complexity index is 569. The van der Waals surface area contributed by atoms with Crippen LogP contribution in [0.15, 0.2) is 17.0 Å². The molecule has 0 amide bonds. The van der Waals surface area contributed by atoms with Crippen molar-refractivity contribution in [3.63, 3.8) is 0 Å². The van der Waals surface area contributed by atoms with Gasteiger partial charge in [0.2, 0.25) is 10.0 Å². The van der Waals surface area contributed by atoms with Crippen LogP contribution >= 0.6 is 0 Å². The Hall–Kier alpha value is -1.14. The number of hydrogen-bond acceptors (Lipinski definition) is 3. The lowest BCUT2D eigenvalue weighted by molar-refractivity contribution is 0.390. The first-order chi connectivity index (χ1) is 9.22. The molecular weight excluding hydrogens is 279 g/mol. The molecule has 1 atom stereocenters. The summed E-state index contributed by atoms with van der Waals surface area (Å²) in [6, 6.07) is 2.06. The van der Waals surface area contributed by atoms with Crippen LogP contribution in [-0.4, -0.2) is 14.5 Å². The van der Waals surface area contributed by atoms with Crippen LogP contribution in [0.25, 0.3) is 0 Å². The number of sulfonamides is 1. The summed E-state index contributed by atoms with van der Waals surface area (Å²) in [7, 11) is -3.90. The molecule has 4 nitrogen and oxygen atoms in total. The van der Waals surface area contributed by atoms with E-state index in [1.807, 2.05) is 13.8 Å². The molecule has 6 heteroatoms. The molecular formula is C14H23FN2O2S. The molecule has 0 aliphatic rings. The first-order valence-corrected chi connectivity index (χ1v) is 8.29. The number of hydrogen-bond donors (Lipinski definition) is 2. The molecule has 1 aromatic carbocycles. The lowest BCUT2D eigenvalue weighted by Crippen LogP contribution is -2.38. The van der Waals surface area contributed by atoms with E-state index in [0.29, 0.717) is 5.56 Å². The van der Waals surface area contributed by atoms with Gasteiger partial charge in [0.15, 0.2) is 0 Å². The molecule has 0 aliphatic carbocycles. The highest BCUT2D eigenvalue weighted by atomic mass is 32.2. The van der Waals surface area contributed by atoms with Crippen LogP contribution in [0.4, 0.5) is 10.1 Å². The van der Waals surface area contributed by atoms with E-state index in [9.17, 15) is 12.8 Å². The molecule has 20 heavy (non-hydrogen) atoms. The van der Waals surface area contributed by atoms with Crippen LogP contribution in [0, 0.1) is 18.7 Å². The number of rotatable bonds is 6. The zero-order valence-electron chi connectivity index (χ0n) is 12.4. The number of nitrogens with one attached hydrogen (secondary N) is 1. The van der Waals surface area contributed by atoms with Gasteiger partial charge in [-0.05, 0) is 37.5 Å². The van der Waals surface area contributed by atoms with Crippen molar-refractivity contribution in [2.75, 3.05) is 5.73 Å². The Morgan fingerprint density at radius 3 is 2.35 bits per heavy atom. The third-order valence-corrected chi connectivity index (χ3v) is 5.28. The predicted molar refractivity (Wildman–Crippen MR) is 79.4 cm³/mol. The SMILES string of the molecule is CCC(CC)C(C)NS(=O)(=O)c1cc(N)c(C)cc1F. The van der Waals surface area contributed by atoms with Gasteiger partial charge in [0, 0.05) is 11.7 Å². The van der Waals surface area contributed by atoms with Gasteiger partial charge < -0.3 is 5.73 Å². The van der Waals surface area contributed by atoms with Gasteiger partial charge in [-0.1, -0.05) is 26.7 Å². The maximum atomic E-state index is 13.9. The number of nitrogens with two attached hydrogens (primary N) is 1. The average Bonchev–Trinajstić information content (AvgIpc) is 2.34. The summed E-state index contributed by atoms with van der Waals surface area (Å²) in [5.41, 5.74) is 6.46. The van der Waals surface area contributed by atoms with E-state index >= 15 is 0 Å².